The van der Waals surface area contributed by atoms with E-state index >= 15 is 0 Å². The van der Waals surface area contributed by atoms with Crippen LogP contribution in [-0.4, -0.2) is 22.0 Å². The summed E-state index contributed by atoms with van der Waals surface area (Å²) in [6, 6.07) is 1.81. The molecule has 0 bridgehead atoms. The lowest BCUT2D eigenvalue weighted by molar-refractivity contribution is -0.385. The Kier molecular flexibility index (Phi) is 2.57. The summed E-state index contributed by atoms with van der Waals surface area (Å²) in [5, 5.41) is 13.5. The topological polar surface area (TPSA) is 94.1 Å². The van der Waals surface area contributed by atoms with Crippen molar-refractivity contribution in [3.63, 3.8) is 0 Å². The molecule has 3 N–H and O–H groups in total. The minimum atomic E-state index is -0.482. The molecular formula is C8H9BrN4O2. The van der Waals surface area contributed by atoms with Crippen LogP contribution in [0.5, 0.6) is 0 Å². The molecule has 2 unspecified atom stereocenters. The molecule has 0 amide bonds. The normalized spacial score (nSPS) is 23.6. The molecule has 0 aliphatic heterocycles. The van der Waals surface area contributed by atoms with Gasteiger partial charge in [0.25, 0.3) is 5.69 Å². The van der Waals surface area contributed by atoms with Crippen molar-refractivity contribution in [3.05, 3.63) is 26.9 Å². The van der Waals surface area contributed by atoms with E-state index in [9.17, 15) is 10.1 Å². The highest BCUT2D eigenvalue weighted by Gasteiger charge is 2.34. The Hall–Kier alpha value is -1.21. The molecule has 0 saturated heterocycles. The molecule has 0 spiro atoms. The maximum absolute atomic E-state index is 10.5. The fourth-order valence-corrected chi connectivity index (χ4v) is 1.64. The van der Waals surface area contributed by atoms with E-state index in [0.717, 1.165) is 6.42 Å². The lowest BCUT2D eigenvalue weighted by Gasteiger charge is -2.05. The van der Waals surface area contributed by atoms with Gasteiger partial charge < -0.3 is 11.1 Å². The van der Waals surface area contributed by atoms with Crippen molar-refractivity contribution in [1.82, 2.24) is 4.98 Å². The van der Waals surface area contributed by atoms with Crippen molar-refractivity contribution in [3.8, 4) is 0 Å². The molecule has 1 aromatic rings. The first kappa shape index (κ1) is 10.3. The number of hydrogen-bond acceptors (Lipinski definition) is 5. The van der Waals surface area contributed by atoms with Gasteiger partial charge in [-0.15, -0.1) is 0 Å². The van der Waals surface area contributed by atoms with Crippen LogP contribution in [-0.2, 0) is 0 Å². The minimum Gasteiger partial charge on any atom is -0.365 e. The molecule has 1 aliphatic rings. The Balaban J connectivity index is 2.15. The molecule has 6 nitrogen and oxygen atoms in total. The number of anilines is 1. The van der Waals surface area contributed by atoms with Crippen LogP contribution in [0.4, 0.5) is 11.5 Å². The fraction of sp³-hybridized carbons (Fsp3) is 0.375. The molecule has 0 radical (unpaired) electrons. The maximum atomic E-state index is 10.5. The summed E-state index contributed by atoms with van der Waals surface area (Å²) >= 11 is 3.22. The molecule has 2 rings (SSSR count). The van der Waals surface area contributed by atoms with E-state index in [1.165, 1.54) is 12.3 Å². The summed E-state index contributed by atoms with van der Waals surface area (Å²) in [7, 11) is 0. The van der Waals surface area contributed by atoms with Crippen molar-refractivity contribution >= 4 is 27.4 Å². The van der Waals surface area contributed by atoms with Crippen LogP contribution in [0.15, 0.2) is 16.7 Å². The van der Waals surface area contributed by atoms with Crippen LogP contribution in [0.25, 0.3) is 0 Å². The number of nitrogens with two attached hydrogens (primary N) is 1. The Morgan fingerprint density at radius 2 is 2.40 bits per heavy atom. The Labute approximate surface area is 94.2 Å². The third-order valence-electron chi connectivity index (χ3n) is 2.20. The second-order valence-electron chi connectivity index (χ2n) is 3.43. The van der Waals surface area contributed by atoms with Gasteiger partial charge in [-0.3, -0.25) is 10.1 Å². The lowest BCUT2D eigenvalue weighted by atomic mass is 10.4. The average Bonchev–Trinajstić information content (AvgIpc) is 2.85. The number of nitrogens with one attached hydrogen (secondary N) is 1. The van der Waals surface area contributed by atoms with E-state index in [-0.39, 0.29) is 17.8 Å². The van der Waals surface area contributed by atoms with Gasteiger partial charge in [0, 0.05) is 18.2 Å². The molecule has 1 heterocycles. The fourth-order valence-electron chi connectivity index (χ4n) is 1.19. The van der Waals surface area contributed by atoms with Crippen molar-refractivity contribution in [2.75, 3.05) is 5.32 Å². The monoisotopic (exact) mass is 272 g/mol. The first-order valence-electron chi connectivity index (χ1n) is 4.40. The average molecular weight is 273 g/mol. The van der Waals surface area contributed by atoms with E-state index in [1.807, 2.05) is 0 Å². The van der Waals surface area contributed by atoms with Gasteiger partial charge in [0.2, 0.25) is 0 Å². The Bertz CT molecular complexity index is 412. The van der Waals surface area contributed by atoms with Crippen molar-refractivity contribution in [2.24, 2.45) is 5.73 Å². The van der Waals surface area contributed by atoms with Gasteiger partial charge >= 0.3 is 0 Å². The largest absolute Gasteiger partial charge is 0.365 e. The smallest absolute Gasteiger partial charge is 0.288 e. The second kappa shape index (κ2) is 3.74. The van der Waals surface area contributed by atoms with Gasteiger partial charge in [-0.05, 0) is 22.4 Å². The highest BCUT2D eigenvalue weighted by atomic mass is 79.9. The molecule has 15 heavy (non-hydrogen) atoms. The summed E-state index contributed by atoms with van der Waals surface area (Å²) in [5.74, 6) is 0.596. The highest BCUT2D eigenvalue weighted by molar-refractivity contribution is 9.10. The van der Waals surface area contributed by atoms with Crippen molar-refractivity contribution < 1.29 is 4.92 Å². The number of nitrogens with zero attached hydrogens (tertiary/aromatic N) is 2. The molecule has 1 saturated carbocycles. The third kappa shape index (κ3) is 2.24. The number of nitro groups is 1. The maximum Gasteiger partial charge on any atom is 0.288 e. The van der Waals surface area contributed by atoms with Crippen molar-refractivity contribution in [1.29, 1.82) is 0 Å². The highest BCUT2D eigenvalue weighted by Crippen LogP contribution is 2.29. The first-order valence-corrected chi connectivity index (χ1v) is 5.19. The first-order chi connectivity index (χ1) is 7.08. The predicted octanol–water partition coefficient (Wildman–Crippen LogP) is 1.26. The zero-order chi connectivity index (χ0) is 11.0. The van der Waals surface area contributed by atoms with E-state index in [4.69, 9.17) is 5.73 Å². The number of halogens is 1. The van der Waals surface area contributed by atoms with Crippen LogP contribution in [0, 0.1) is 10.1 Å². The number of aromatic nitrogens is 1. The molecule has 2 atom stereocenters. The number of pyridine rings is 1. The number of rotatable bonds is 3. The SMILES string of the molecule is NC1CC1Nc1ncc([N+](=O)[O-])cc1Br. The molecule has 7 heteroatoms. The van der Waals surface area contributed by atoms with Crippen LogP contribution in [0.1, 0.15) is 6.42 Å². The van der Waals surface area contributed by atoms with Gasteiger partial charge in [0.05, 0.1) is 9.40 Å². The van der Waals surface area contributed by atoms with Gasteiger partial charge in [-0.1, -0.05) is 0 Å². The number of hydrogen-bond donors (Lipinski definition) is 2. The zero-order valence-corrected chi connectivity index (χ0v) is 9.27. The molecule has 0 aromatic carbocycles. The standard InChI is InChI=1S/C8H9BrN4O2/c9-5-1-4(13(14)15)3-11-8(5)12-7-2-6(7)10/h1,3,6-7H,2,10H2,(H,11,12). The third-order valence-corrected chi connectivity index (χ3v) is 2.80. The summed E-state index contributed by atoms with van der Waals surface area (Å²) in [5.41, 5.74) is 5.59. The Morgan fingerprint density at radius 3 is 2.87 bits per heavy atom. The van der Waals surface area contributed by atoms with E-state index in [2.05, 4.69) is 26.2 Å². The van der Waals surface area contributed by atoms with Gasteiger partial charge in [0.15, 0.2) is 0 Å². The molecule has 1 fully saturated rings. The van der Waals surface area contributed by atoms with E-state index < -0.39 is 4.92 Å². The molecule has 80 valence electrons. The quantitative estimate of drug-likeness (QED) is 0.638. The van der Waals surface area contributed by atoms with E-state index in [0.29, 0.717) is 10.3 Å². The lowest BCUT2D eigenvalue weighted by Crippen LogP contribution is -2.14. The van der Waals surface area contributed by atoms with E-state index in [1.54, 1.807) is 0 Å². The summed E-state index contributed by atoms with van der Waals surface area (Å²) in [6.45, 7) is 0. The van der Waals surface area contributed by atoms with Crippen LogP contribution in [0.3, 0.4) is 0 Å². The summed E-state index contributed by atoms with van der Waals surface area (Å²) in [4.78, 5) is 13.9. The second-order valence-corrected chi connectivity index (χ2v) is 4.29. The van der Waals surface area contributed by atoms with Crippen LogP contribution < -0.4 is 11.1 Å². The van der Waals surface area contributed by atoms with Crippen LogP contribution in [0.2, 0.25) is 0 Å². The van der Waals surface area contributed by atoms with Gasteiger partial charge in [0.1, 0.15) is 12.0 Å². The van der Waals surface area contributed by atoms with Gasteiger partial charge in [-0.2, -0.15) is 0 Å². The molecule has 1 aromatic heterocycles. The van der Waals surface area contributed by atoms with Crippen LogP contribution >= 0.6 is 15.9 Å². The van der Waals surface area contributed by atoms with Crippen molar-refractivity contribution in [2.45, 2.75) is 18.5 Å². The molecular weight excluding hydrogens is 264 g/mol. The zero-order valence-electron chi connectivity index (χ0n) is 7.68. The van der Waals surface area contributed by atoms with Gasteiger partial charge in [-0.25, -0.2) is 4.98 Å². The minimum absolute atomic E-state index is 0.0347. The Morgan fingerprint density at radius 1 is 1.73 bits per heavy atom. The predicted molar refractivity (Wildman–Crippen MR) is 58.6 cm³/mol. The summed E-state index contributed by atoms with van der Waals surface area (Å²) in [6.07, 6.45) is 2.13. The summed E-state index contributed by atoms with van der Waals surface area (Å²) < 4.78 is 0.579. The molecule has 1 aliphatic carbocycles.